The van der Waals surface area contributed by atoms with E-state index in [1.165, 1.54) is 11.4 Å². The molecule has 0 aliphatic rings. The van der Waals surface area contributed by atoms with Gasteiger partial charge >= 0.3 is 0 Å². The topological polar surface area (TPSA) is 17.8 Å². The summed E-state index contributed by atoms with van der Waals surface area (Å²) in [6.07, 6.45) is 1.92. The highest BCUT2D eigenvalue weighted by molar-refractivity contribution is 5.14. The van der Waals surface area contributed by atoms with E-state index in [2.05, 4.69) is 37.2 Å². The van der Waals surface area contributed by atoms with Gasteiger partial charge in [0.05, 0.1) is 12.0 Å². The maximum Gasteiger partial charge on any atom is 0.0951 e. The second-order valence-electron chi connectivity index (χ2n) is 3.16. The van der Waals surface area contributed by atoms with E-state index in [-0.39, 0.29) is 0 Å². The SMILES string of the molecule is CCn1cnc(C)c1C(C)C. The molecule has 0 radical (unpaired) electrons. The van der Waals surface area contributed by atoms with Crippen molar-refractivity contribution < 1.29 is 0 Å². The summed E-state index contributed by atoms with van der Waals surface area (Å²) in [5, 5.41) is 0. The van der Waals surface area contributed by atoms with Crippen LogP contribution in [-0.4, -0.2) is 9.55 Å². The molecule has 0 saturated carbocycles. The summed E-state index contributed by atoms with van der Waals surface area (Å²) < 4.78 is 2.21. The molecular formula is C9H16N2. The van der Waals surface area contributed by atoms with Gasteiger partial charge < -0.3 is 4.57 Å². The summed E-state index contributed by atoms with van der Waals surface area (Å²) in [5.74, 6) is 0.581. The van der Waals surface area contributed by atoms with Gasteiger partial charge in [-0.3, -0.25) is 0 Å². The normalized spacial score (nSPS) is 11.0. The zero-order valence-corrected chi connectivity index (χ0v) is 7.76. The Morgan fingerprint density at radius 1 is 1.55 bits per heavy atom. The van der Waals surface area contributed by atoms with Crippen molar-refractivity contribution in [2.45, 2.75) is 40.2 Å². The van der Waals surface area contributed by atoms with Gasteiger partial charge in [0, 0.05) is 12.2 Å². The van der Waals surface area contributed by atoms with E-state index >= 15 is 0 Å². The highest BCUT2D eigenvalue weighted by Crippen LogP contribution is 2.17. The molecule has 62 valence electrons. The number of aryl methyl sites for hydroxylation is 2. The van der Waals surface area contributed by atoms with Crippen molar-refractivity contribution >= 4 is 0 Å². The summed E-state index contributed by atoms with van der Waals surface area (Å²) in [5.41, 5.74) is 2.54. The number of nitrogens with zero attached hydrogens (tertiary/aromatic N) is 2. The molecule has 0 spiro atoms. The fraction of sp³-hybridized carbons (Fsp3) is 0.667. The molecule has 0 fully saturated rings. The first-order valence-electron chi connectivity index (χ1n) is 4.18. The van der Waals surface area contributed by atoms with E-state index in [4.69, 9.17) is 0 Å². The molecular weight excluding hydrogens is 136 g/mol. The number of aromatic nitrogens is 2. The lowest BCUT2D eigenvalue weighted by Gasteiger charge is -2.09. The van der Waals surface area contributed by atoms with Crippen LogP contribution < -0.4 is 0 Å². The largest absolute Gasteiger partial charge is 0.334 e. The lowest BCUT2D eigenvalue weighted by Crippen LogP contribution is -2.02. The molecule has 1 aromatic heterocycles. The predicted molar refractivity (Wildman–Crippen MR) is 46.7 cm³/mol. The fourth-order valence-corrected chi connectivity index (χ4v) is 1.49. The van der Waals surface area contributed by atoms with Gasteiger partial charge in [0.25, 0.3) is 0 Å². The zero-order valence-electron chi connectivity index (χ0n) is 7.76. The minimum Gasteiger partial charge on any atom is -0.334 e. The van der Waals surface area contributed by atoms with Crippen LogP contribution in [0.5, 0.6) is 0 Å². The maximum absolute atomic E-state index is 4.27. The Morgan fingerprint density at radius 3 is 2.55 bits per heavy atom. The second kappa shape index (κ2) is 3.07. The molecule has 0 atom stereocenters. The Hall–Kier alpha value is -0.790. The van der Waals surface area contributed by atoms with Gasteiger partial charge in [-0.1, -0.05) is 13.8 Å². The van der Waals surface area contributed by atoms with Crippen molar-refractivity contribution in [3.63, 3.8) is 0 Å². The van der Waals surface area contributed by atoms with Crippen LogP contribution in [-0.2, 0) is 6.54 Å². The molecule has 2 heteroatoms. The van der Waals surface area contributed by atoms with E-state index in [9.17, 15) is 0 Å². The molecule has 0 saturated heterocycles. The molecule has 0 N–H and O–H groups in total. The molecule has 0 bridgehead atoms. The van der Waals surface area contributed by atoms with Crippen molar-refractivity contribution in [3.8, 4) is 0 Å². The lowest BCUT2D eigenvalue weighted by atomic mass is 10.1. The van der Waals surface area contributed by atoms with E-state index in [0.29, 0.717) is 5.92 Å². The third-order valence-corrected chi connectivity index (χ3v) is 1.96. The Kier molecular flexibility index (Phi) is 2.32. The Labute approximate surface area is 68.3 Å². The maximum atomic E-state index is 4.27. The average Bonchev–Trinajstić information content (AvgIpc) is 2.30. The summed E-state index contributed by atoms with van der Waals surface area (Å²) in [7, 11) is 0. The summed E-state index contributed by atoms with van der Waals surface area (Å²) in [4.78, 5) is 4.27. The first-order chi connectivity index (χ1) is 5.16. The minimum absolute atomic E-state index is 0.581. The van der Waals surface area contributed by atoms with E-state index in [1.54, 1.807) is 0 Å². The van der Waals surface area contributed by atoms with E-state index < -0.39 is 0 Å². The highest BCUT2D eigenvalue weighted by Gasteiger charge is 2.08. The second-order valence-corrected chi connectivity index (χ2v) is 3.16. The first-order valence-corrected chi connectivity index (χ1v) is 4.18. The number of hydrogen-bond acceptors (Lipinski definition) is 1. The van der Waals surface area contributed by atoms with Gasteiger partial charge in [0.15, 0.2) is 0 Å². The van der Waals surface area contributed by atoms with Gasteiger partial charge in [-0.25, -0.2) is 4.98 Å². The van der Waals surface area contributed by atoms with Crippen LogP contribution in [0.3, 0.4) is 0 Å². The fourth-order valence-electron chi connectivity index (χ4n) is 1.49. The third kappa shape index (κ3) is 1.44. The zero-order chi connectivity index (χ0) is 8.43. The summed E-state index contributed by atoms with van der Waals surface area (Å²) in [6.45, 7) is 9.65. The quantitative estimate of drug-likeness (QED) is 0.636. The van der Waals surface area contributed by atoms with Crippen molar-refractivity contribution in [3.05, 3.63) is 17.7 Å². The van der Waals surface area contributed by atoms with Crippen LogP contribution in [0, 0.1) is 6.92 Å². The van der Waals surface area contributed by atoms with Gasteiger partial charge in [-0.05, 0) is 19.8 Å². The Bertz CT molecular complexity index is 236. The molecule has 2 nitrogen and oxygen atoms in total. The summed E-state index contributed by atoms with van der Waals surface area (Å²) in [6, 6.07) is 0. The van der Waals surface area contributed by atoms with Crippen molar-refractivity contribution in [1.82, 2.24) is 9.55 Å². The summed E-state index contributed by atoms with van der Waals surface area (Å²) >= 11 is 0. The number of rotatable bonds is 2. The first kappa shape index (κ1) is 8.31. The third-order valence-electron chi connectivity index (χ3n) is 1.96. The number of imidazole rings is 1. The standard InChI is InChI=1S/C9H16N2/c1-5-11-6-10-8(4)9(11)7(2)3/h6-7H,5H2,1-4H3. The van der Waals surface area contributed by atoms with Crippen LogP contribution >= 0.6 is 0 Å². The molecule has 1 aromatic rings. The Balaban J connectivity index is 3.07. The van der Waals surface area contributed by atoms with E-state index in [1.807, 2.05) is 6.33 Å². The minimum atomic E-state index is 0.581. The monoisotopic (exact) mass is 152 g/mol. The highest BCUT2D eigenvalue weighted by atomic mass is 15.1. The van der Waals surface area contributed by atoms with Gasteiger partial charge in [-0.2, -0.15) is 0 Å². The van der Waals surface area contributed by atoms with Gasteiger partial charge in [0.1, 0.15) is 0 Å². The van der Waals surface area contributed by atoms with Crippen molar-refractivity contribution in [1.29, 1.82) is 0 Å². The van der Waals surface area contributed by atoms with Gasteiger partial charge in [0.2, 0.25) is 0 Å². The average molecular weight is 152 g/mol. The number of hydrogen-bond donors (Lipinski definition) is 0. The molecule has 0 aliphatic carbocycles. The lowest BCUT2D eigenvalue weighted by molar-refractivity contribution is 0.668. The molecule has 11 heavy (non-hydrogen) atoms. The van der Waals surface area contributed by atoms with Crippen LogP contribution in [0.1, 0.15) is 38.1 Å². The Morgan fingerprint density at radius 2 is 2.18 bits per heavy atom. The predicted octanol–water partition coefficient (Wildman–Crippen LogP) is 2.33. The molecule has 0 aliphatic heterocycles. The molecule has 0 unspecified atom stereocenters. The van der Waals surface area contributed by atoms with E-state index in [0.717, 1.165) is 6.54 Å². The van der Waals surface area contributed by atoms with Crippen LogP contribution in [0.4, 0.5) is 0 Å². The van der Waals surface area contributed by atoms with Gasteiger partial charge in [-0.15, -0.1) is 0 Å². The molecule has 0 aromatic carbocycles. The van der Waals surface area contributed by atoms with Crippen molar-refractivity contribution in [2.24, 2.45) is 0 Å². The van der Waals surface area contributed by atoms with Crippen LogP contribution in [0.15, 0.2) is 6.33 Å². The van der Waals surface area contributed by atoms with Crippen LogP contribution in [0.2, 0.25) is 0 Å². The molecule has 1 rings (SSSR count). The van der Waals surface area contributed by atoms with Crippen molar-refractivity contribution in [2.75, 3.05) is 0 Å². The van der Waals surface area contributed by atoms with Crippen LogP contribution in [0.25, 0.3) is 0 Å². The smallest absolute Gasteiger partial charge is 0.0951 e. The molecule has 1 heterocycles. The molecule has 0 amide bonds.